The number of nitrogens with zero attached hydrogens (tertiary/aromatic N) is 1. The van der Waals surface area contributed by atoms with E-state index in [2.05, 4.69) is 10.6 Å². The molecule has 0 bridgehead atoms. The van der Waals surface area contributed by atoms with E-state index in [0.717, 1.165) is 0 Å². The maximum absolute atomic E-state index is 11.8. The van der Waals surface area contributed by atoms with Crippen LogP contribution in [-0.2, 0) is 14.3 Å². The van der Waals surface area contributed by atoms with Crippen molar-refractivity contribution in [1.82, 2.24) is 10.6 Å². The molecule has 0 aliphatic heterocycles. The lowest BCUT2D eigenvalue weighted by atomic mass is 10.2. The number of nitrogens with one attached hydrogen (secondary N) is 2. The molecule has 8 nitrogen and oxygen atoms in total. The molecular weight excluding hydrogens is 310 g/mol. The van der Waals surface area contributed by atoms with E-state index in [4.69, 9.17) is 20.2 Å². The van der Waals surface area contributed by atoms with Gasteiger partial charge in [-0.05, 0) is 18.4 Å². The summed E-state index contributed by atoms with van der Waals surface area (Å²) in [5.41, 5.74) is -0.211. The quantitative estimate of drug-likeness (QED) is 0.210. The number of thioether (sulfide) groups is 1. The molecule has 9 heteroatoms. The summed E-state index contributed by atoms with van der Waals surface area (Å²) in [7, 11) is 0. The Morgan fingerprint density at radius 2 is 2.18 bits per heavy atom. The fourth-order valence-corrected chi connectivity index (χ4v) is 1.82. The van der Waals surface area contributed by atoms with Crippen molar-refractivity contribution in [3.63, 3.8) is 0 Å². The Bertz CT molecular complexity index is 422. The number of carboxylic acid groups (broad SMARTS) is 1. The molecule has 0 radical (unpaired) electrons. The van der Waals surface area contributed by atoms with Crippen molar-refractivity contribution in [3.8, 4) is 6.07 Å². The van der Waals surface area contributed by atoms with Crippen molar-refractivity contribution in [1.29, 1.82) is 5.26 Å². The number of carbonyl (C=O) groups is 2. The molecule has 1 atom stereocenters. The number of aliphatic carboxylic acids is 1. The van der Waals surface area contributed by atoms with E-state index in [9.17, 15) is 9.59 Å². The van der Waals surface area contributed by atoms with Crippen LogP contribution in [-0.4, -0.2) is 66.5 Å². The van der Waals surface area contributed by atoms with Crippen LogP contribution in [0.15, 0.2) is 11.8 Å². The van der Waals surface area contributed by atoms with Gasteiger partial charge in [0.25, 0.3) is 5.91 Å². The Morgan fingerprint density at radius 1 is 1.45 bits per heavy atom. The lowest BCUT2D eigenvalue weighted by Crippen LogP contribution is -2.42. The van der Waals surface area contributed by atoms with Crippen LogP contribution < -0.4 is 10.6 Å². The van der Waals surface area contributed by atoms with Crippen molar-refractivity contribution in [2.45, 2.75) is 12.5 Å². The van der Waals surface area contributed by atoms with Crippen LogP contribution in [0.3, 0.4) is 0 Å². The molecule has 0 aliphatic carbocycles. The average molecular weight is 331 g/mol. The van der Waals surface area contributed by atoms with Gasteiger partial charge in [-0.1, -0.05) is 0 Å². The monoisotopic (exact) mass is 331 g/mol. The van der Waals surface area contributed by atoms with Crippen LogP contribution in [0, 0.1) is 11.3 Å². The van der Waals surface area contributed by atoms with E-state index in [1.54, 1.807) is 6.07 Å². The van der Waals surface area contributed by atoms with Gasteiger partial charge in [-0.2, -0.15) is 17.0 Å². The van der Waals surface area contributed by atoms with Crippen molar-refractivity contribution < 1.29 is 24.5 Å². The van der Waals surface area contributed by atoms with Crippen molar-refractivity contribution in [2.24, 2.45) is 0 Å². The summed E-state index contributed by atoms with van der Waals surface area (Å²) in [5.74, 6) is -1.28. The standard InChI is InChI=1S/C13H21N3O5S/c1-22-7-2-11(13(19)20)16-12(18)10(8-14)9-15-3-5-21-6-4-17/h9,11,15,17H,2-7H2,1H3,(H,16,18)(H,19,20)/b10-9-. The lowest BCUT2D eigenvalue weighted by Gasteiger charge is -2.13. The number of aliphatic hydroxyl groups is 1. The van der Waals surface area contributed by atoms with Crippen LogP contribution in [0.1, 0.15) is 6.42 Å². The molecule has 0 fully saturated rings. The molecule has 0 aromatic rings. The number of amides is 1. The minimum Gasteiger partial charge on any atom is -0.480 e. The predicted molar refractivity (Wildman–Crippen MR) is 82.2 cm³/mol. The number of hydrogen-bond acceptors (Lipinski definition) is 7. The van der Waals surface area contributed by atoms with Crippen LogP contribution in [0.25, 0.3) is 0 Å². The first-order valence-corrected chi connectivity index (χ1v) is 8.01. The predicted octanol–water partition coefficient (Wildman–Crippen LogP) is -0.685. The van der Waals surface area contributed by atoms with Crippen LogP contribution >= 0.6 is 11.8 Å². The summed E-state index contributed by atoms with van der Waals surface area (Å²) >= 11 is 1.47. The molecular formula is C13H21N3O5S. The molecule has 0 aromatic carbocycles. The summed E-state index contributed by atoms with van der Waals surface area (Å²) in [6.07, 6.45) is 3.33. The van der Waals surface area contributed by atoms with Crippen LogP contribution in [0.4, 0.5) is 0 Å². The average Bonchev–Trinajstić information content (AvgIpc) is 2.50. The van der Waals surface area contributed by atoms with Gasteiger partial charge in [0.2, 0.25) is 0 Å². The number of rotatable bonds is 12. The Balaban J connectivity index is 4.37. The fraction of sp³-hybridized carbons (Fsp3) is 0.615. The van der Waals surface area contributed by atoms with Gasteiger partial charge in [0, 0.05) is 12.7 Å². The molecule has 0 spiro atoms. The summed E-state index contributed by atoms with van der Waals surface area (Å²) in [6, 6.07) is 0.688. The smallest absolute Gasteiger partial charge is 0.326 e. The highest BCUT2D eigenvalue weighted by atomic mass is 32.2. The lowest BCUT2D eigenvalue weighted by molar-refractivity contribution is -0.141. The normalized spacial score (nSPS) is 12.3. The van der Waals surface area contributed by atoms with Gasteiger partial charge in [0.15, 0.2) is 0 Å². The second kappa shape index (κ2) is 12.9. The van der Waals surface area contributed by atoms with Crippen molar-refractivity contribution >= 4 is 23.6 Å². The third kappa shape index (κ3) is 9.23. The van der Waals surface area contributed by atoms with E-state index < -0.39 is 17.9 Å². The van der Waals surface area contributed by atoms with E-state index in [1.165, 1.54) is 18.0 Å². The first-order valence-electron chi connectivity index (χ1n) is 6.61. The first-order chi connectivity index (χ1) is 10.6. The van der Waals surface area contributed by atoms with Crippen LogP contribution in [0.5, 0.6) is 0 Å². The van der Waals surface area contributed by atoms with E-state index in [-0.39, 0.29) is 25.2 Å². The molecule has 1 amide bonds. The largest absolute Gasteiger partial charge is 0.480 e. The third-order valence-corrected chi connectivity index (χ3v) is 3.10. The molecule has 0 rings (SSSR count). The SMILES string of the molecule is CSCCC(NC(=O)/C(C#N)=C\NCCOCCO)C(=O)O. The van der Waals surface area contributed by atoms with Gasteiger partial charge < -0.3 is 25.6 Å². The van der Waals surface area contributed by atoms with Crippen molar-refractivity contribution in [2.75, 3.05) is 38.4 Å². The maximum atomic E-state index is 11.8. The topological polar surface area (TPSA) is 132 Å². The number of aliphatic hydroxyl groups excluding tert-OH is 1. The number of carbonyl (C=O) groups excluding carboxylic acids is 1. The Kier molecular flexibility index (Phi) is 11.9. The summed E-state index contributed by atoms with van der Waals surface area (Å²) in [5, 5.41) is 31.5. The summed E-state index contributed by atoms with van der Waals surface area (Å²) < 4.78 is 4.99. The molecule has 0 aliphatic rings. The van der Waals surface area contributed by atoms with Gasteiger partial charge in [-0.3, -0.25) is 4.79 Å². The van der Waals surface area contributed by atoms with Gasteiger partial charge in [-0.25, -0.2) is 4.79 Å². The van der Waals surface area contributed by atoms with Crippen LogP contribution in [0.2, 0.25) is 0 Å². The molecule has 0 saturated heterocycles. The van der Waals surface area contributed by atoms with Gasteiger partial charge >= 0.3 is 5.97 Å². The van der Waals surface area contributed by atoms with Crippen molar-refractivity contribution in [3.05, 3.63) is 11.8 Å². The number of carboxylic acids is 1. The molecule has 1 unspecified atom stereocenters. The number of ether oxygens (including phenoxy) is 1. The molecule has 124 valence electrons. The minimum absolute atomic E-state index is 0.0751. The number of hydrogen-bond donors (Lipinski definition) is 4. The zero-order chi connectivity index (χ0) is 16.8. The van der Waals surface area contributed by atoms with Gasteiger partial charge in [-0.15, -0.1) is 0 Å². The van der Waals surface area contributed by atoms with E-state index >= 15 is 0 Å². The maximum Gasteiger partial charge on any atom is 0.326 e. The molecule has 0 heterocycles. The highest BCUT2D eigenvalue weighted by Gasteiger charge is 2.21. The highest BCUT2D eigenvalue weighted by molar-refractivity contribution is 7.98. The Labute approximate surface area is 133 Å². The number of nitriles is 1. The summed E-state index contributed by atoms with van der Waals surface area (Å²) in [4.78, 5) is 22.9. The fourth-order valence-electron chi connectivity index (χ4n) is 1.35. The molecule has 4 N–H and O–H groups in total. The molecule has 22 heavy (non-hydrogen) atoms. The molecule has 0 saturated carbocycles. The molecule has 0 aromatic heterocycles. The van der Waals surface area contributed by atoms with E-state index in [0.29, 0.717) is 18.9 Å². The minimum atomic E-state index is -1.13. The third-order valence-electron chi connectivity index (χ3n) is 2.45. The van der Waals surface area contributed by atoms with Gasteiger partial charge in [0.1, 0.15) is 17.7 Å². The summed E-state index contributed by atoms with van der Waals surface area (Å²) in [6.45, 7) is 0.803. The van der Waals surface area contributed by atoms with Gasteiger partial charge in [0.05, 0.1) is 19.8 Å². The first kappa shape index (κ1) is 20.2. The second-order valence-electron chi connectivity index (χ2n) is 4.11. The highest BCUT2D eigenvalue weighted by Crippen LogP contribution is 2.02. The second-order valence-corrected chi connectivity index (χ2v) is 5.09. The Morgan fingerprint density at radius 3 is 2.73 bits per heavy atom. The Hall–Kier alpha value is -1.76. The zero-order valence-electron chi connectivity index (χ0n) is 12.4. The van der Waals surface area contributed by atoms with E-state index in [1.807, 2.05) is 6.26 Å². The zero-order valence-corrected chi connectivity index (χ0v) is 13.2.